The van der Waals surface area contributed by atoms with Crippen LogP contribution in [0.1, 0.15) is 42.5 Å². The van der Waals surface area contributed by atoms with Crippen LogP contribution < -0.4 is 15.5 Å². The SMILES string of the molecule is Cc1ncc(NC(=O)c2ccnc(C(C)(C)F)c2)cc1-c1cc(NCCO)nc(N2CCOCC2C)c1. The van der Waals surface area contributed by atoms with Crippen molar-refractivity contribution in [2.24, 2.45) is 0 Å². The average molecular weight is 509 g/mol. The molecule has 1 aliphatic heterocycles. The lowest BCUT2D eigenvalue weighted by atomic mass is 10.0. The number of hydrogen-bond donors (Lipinski definition) is 3. The van der Waals surface area contributed by atoms with E-state index in [1.807, 2.05) is 25.1 Å². The lowest BCUT2D eigenvalue weighted by molar-refractivity contribution is 0.0985. The standard InChI is InChI=1S/C27H33FN6O3/c1-17-16-37-10-8-34(17)25-13-20(12-24(33-25)30-7-9-35)22-14-21(15-31-18(22)2)32-26(36)19-5-6-29-23(11-19)27(3,4)28/h5-6,11-15,17,35H,7-10,16H2,1-4H3,(H,30,33)(H,32,36). The topological polar surface area (TPSA) is 112 Å². The molecule has 1 unspecified atom stereocenters. The Labute approximate surface area is 216 Å². The summed E-state index contributed by atoms with van der Waals surface area (Å²) in [6.07, 6.45) is 3.02. The van der Waals surface area contributed by atoms with E-state index in [4.69, 9.17) is 9.72 Å². The Balaban J connectivity index is 1.66. The van der Waals surface area contributed by atoms with Gasteiger partial charge in [0.1, 0.15) is 17.3 Å². The van der Waals surface area contributed by atoms with Crippen LogP contribution in [0.5, 0.6) is 0 Å². The number of aryl methyl sites for hydroxylation is 1. The number of rotatable bonds is 8. The van der Waals surface area contributed by atoms with E-state index in [1.54, 1.807) is 12.3 Å². The fraction of sp³-hybridized carbons (Fsp3) is 0.407. The van der Waals surface area contributed by atoms with Crippen LogP contribution in [0.25, 0.3) is 11.1 Å². The summed E-state index contributed by atoms with van der Waals surface area (Å²) in [6, 6.07) is 8.92. The van der Waals surface area contributed by atoms with Gasteiger partial charge in [0, 0.05) is 36.1 Å². The van der Waals surface area contributed by atoms with Gasteiger partial charge in [0.25, 0.3) is 5.91 Å². The zero-order valence-corrected chi connectivity index (χ0v) is 21.6. The highest BCUT2D eigenvalue weighted by Crippen LogP contribution is 2.31. The summed E-state index contributed by atoms with van der Waals surface area (Å²) < 4.78 is 19.9. The maximum atomic E-state index is 14.3. The number of morpholine rings is 1. The van der Waals surface area contributed by atoms with E-state index in [-0.39, 0.29) is 24.2 Å². The zero-order chi connectivity index (χ0) is 26.6. The van der Waals surface area contributed by atoms with Gasteiger partial charge in [0.15, 0.2) is 0 Å². The molecule has 1 saturated heterocycles. The largest absolute Gasteiger partial charge is 0.395 e. The first kappa shape index (κ1) is 26.4. The third kappa shape index (κ3) is 6.39. The molecule has 1 atom stereocenters. The molecule has 0 bridgehead atoms. The summed E-state index contributed by atoms with van der Waals surface area (Å²) in [6.45, 7) is 9.09. The minimum Gasteiger partial charge on any atom is -0.395 e. The van der Waals surface area contributed by atoms with Crippen molar-refractivity contribution in [2.75, 3.05) is 48.4 Å². The molecule has 3 aromatic heterocycles. The number of aromatic nitrogens is 3. The second kappa shape index (κ2) is 11.2. The van der Waals surface area contributed by atoms with Crippen LogP contribution in [0.2, 0.25) is 0 Å². The summed E-state index contributed by atoms with van der Waals surface area (Å²) in [5, 5.41) is 15.3. The minimum atomic E-state index is -1.66. The first-order chi connectivity index (χ1) is 17.7. The van der Waals surface area contributed by atoms with Gasteiger partial charge >= 0.3 is 0 Å². The highest BCUT2D eigenvalue weighted by molar-refractivity contribution is 6.04. The number of hydrogen-bond acceptors (Lipinski definition) is 8. The Kier molecular flexibility index (Phi) is 7.99. The molecular weight excluding hydrogens is 475 g/mol. The minimum absolute atomic E-state index is 0.0202. The van der Waals surface area contributed by atoms with Crippen LogP contribution in [0.15, 0.2) is 42.7 Å². The van der Waals surface area contributed by atoms with E-state index in [1.165, 1.54) is 26.1 Å². The summed E-state index contributed by atoms with van der Waals surface area (Å²) in [5.41, 5.74) is 1.82. The van der Waals surface area contributed by atoms with Crippen molar-refractivity contribution in [3.63, 3.8) is 0 Å². The number of alkyl halides is 1. The fourth-order valence-electron chi connectivity index (χ4n) is 4.15. The second-order valence-corrected chi connectivity index (χ2v) is 9.58. The number of carbonyl (C=O) groups excluding carboxylic acids is 1. The summed E-state index contributed by atoms with van der Waals surface area (Å²) in [5.74, 6) is 1.04. The fourth-order valence-corrected chi connectivity index (χ4v) is 4.15. The van der Waals surface area contributed by atoms with Gasteiger partial charge in [0.2, 0.25) is 0 Å². The van der Waals surface area contributed by atoms with E-state index in [0.717, 1.165) is 22.6 Å². The molecule has 4 heterocycles. The maximum Gasteiger partial charge on any atom is 0.255 e. The van der Waals surface area contributed by atoms with E-state index < -0.39 is 5.67 Å². The van der Waals surface area contributed by atoms with Crippen molar-refractivity contribution in [3.8, 4) is 11.1 Å². The molecule has 0 aromatic carbocycles. The normalized spacial score (nSPS) is 15.9. The smallest absolute Gasteiger partial charge is 0.255 e. The highest BCUT2D eigenvalue weighted by atomic mass is 19.1. The molecule has 1 fully saturated rings. The van der Waals surface area contributed by atoms with Gasteiger partial charge in [-0.15, -0.1) is 0 Å². The predicted molar refractivity (Wildman–Crippen MR) is 142 cm³/mol. The van der Waals surface area contributed by atoms with Crippen molar-refractivity contribution in [3.05, 3.63) is 59.7 Å². The van der Waals surface area contributed by atoms with Crippen LogP contribution >= 0.6 is 0 Å². The number of ether oxygens (including phenoxy) is 1. The van der Waals surface area contributed by atoms with Crippen molar-refractivity contribution < 1.29 is 19.0 Å². The molecule has 0 saturated carbocycles. The van der Waals surface area contributed by atoms with Gasteiger partial charge in [-0.25, -0.2) is 9.37 Å². The van der Waals surface area contributed by atoms with E-state index in [9.17, 15) is 14.3 Å². The lowest BCUT2D eigenvalue weighted by Gasteiger charge is -2.34. The number of carbonyl (C=O) groups is 1. The molecule has 10 heteroatoms. The van der Waals surface area contributed by atoms with Crippen molar-refractivity contribution in [2.45, 2.75) is 39.4 Å². The molecule has 0 radical (unpaired) electrons. The van der Waals surface area contributed by atoms with Gasteiger partial charge in [-0.3, -0.25) is 14.8 Å². The Morgan fingerprint density at radius 3 is 2.81 bits per heavy atom. The van der Waals surface area contributed by atoms with E-state index in [2.05, 4.69) is 32.4 Å². The summed E-state index contributed by atoms with van der Waals surface area (Å²) >= 11 is 0. The number of amides is 1. The monoisotopic (exact) mass is 508 g/mol. The van der Waals surface area contributed by atoms with Crippen molar-refractivity contribution >= 4 is 23.2 Å². The van der Waals surface area contributed by atoms with Crippen LogP contribution in [0, 0.1) is 6.92 Å². The van der Waals surface area contributed by atoms with Gasteiger partial charge in [-0.1, -0.05) is 0 Å². The first-order valence-electron chi connectivity index (χ1n) is 12.3. The zero-order valence-electron chi connectivity index (χ0n) is 21.6. The first-order valence-corrected chi connectivity index (χ1v) is 12.3. The van der Waals surface area contributed by atoms with E-state index in [0.29, 0.717) is 43.4 Å². The molecule has 1 aliphatic rings. The number of anilines is 3. The number of pyridine rings is 3. The van der Waals surface area contributed by atoms with E-state index >= 15 is 0 Å². The van der Waals surface area contributed by atoms with Crippen LogP contribution in [-0.4, -0.2) is 64.9 Å². The molecule has 9 nitrogen and oxygen atoms in total. The van der Waals surface area contributed by atoms with Crippen molar-refractivity contribution in [1.29, 1.82) is 0 Å². The van der Waals surface area contributed by atoms with Crippen LogP contribution in [0.4, 0.5) is 21.7 Å². The predicted octanol–water partition coefficient (Wildman–Crippen LogP) is 3.93. The Morgan fingerprint density at radius 2 is 2.08 bits per heavy atom. The van der Waals surface area contributed by atoms with Gasteiger partial charge in [0.05, 0.1) is 43.4 Å². The molecule has 3 N–H and O–H groups in total. The lowest BCUT2D eigenvalue weighted by Crippen LogP contribution is -2.44. The Morgan fingerprint density at radius 1 is 1.27 bits per heavy atom. The molecule has 3 aromatic rings. The number of aliphatic hydroxyl groups excluding tert-OH is 1. The van der Waals surface area contributed by atoms with Gasteiger partial charge in [-0.05, 0) is 63.6 Å². The molecule has 37 heavy (non-hydrogen) atoms. The molecule has 0 spiro atoms. The average Bonchev–Trinajstić information content (AvgIpc) is 2.88. The second-order valence-electron chi connectivity index (χ2n) is 9.58. The van der Waals surface area contributed by atoms with Crippen LogP contribution in [-0.2, 0) is 10.4 Å². The number of halogens is 1. The molecule has 4 rings (SSSR count). The summed E-state index contributed by atoms with van der Waals surface area (Å²) in [7, 11) is 0. The quantitative estimate of drug-likeness (QED) is 0.420. The number of aliphatic hydroxyl groups is 1. The number of nitrogens with zero attached hydrogens (tertiary/aromatic N) is 4. The molecular formula is C27H33FN6O3. The Bertz CT molecular complexity index is 1260. The van der Waals surface area contributed by atoms with Gasteiger partial charge in [-0.2, -0.15) is 0 Å². The highest BCUT2D eigenvalue weighted by Gasteiger charge is 2.23. The molecule has 196 valence electrons. The molecule has 0 aliphatic carbocycles. The maximum absolute atomic E-state index is 14.3. The third-order valence-corrected chi connectivity index (χ3v) is 6.18. The van der Waals surface area contributed by atoms with Crippen molar-refractivity contribution in [1.82, 2.24) is 15.0 Å². The third-order valence-electron chi connectivity index (χ3n) is 6.18. The molecule has 1 amide bonds. The van der Waals surface area contributed by atoms with Crippen LogP contribution in [0.3, 0.4) is 0 Å². The Hall–Kier alpha value is -3.63. The summed E-state index contributed by atoms with van der Waals surface area (Å²) in [4.78, 5) is 28.4. The number of nitrogens with one attached hydrogen (secondary N) is 2. The van der Waals surface area contributed by atoms with Gasteiger partial charge < -0.3 is 25.4 Å².